The van der Waals surface area contributed by atoms with Crippen molar-refractivity contribution in [2.75, 3.05) is 11.1 Å². The van der Waals surface area contributed by atoms with E-state index in [1.54, 1.807) is 6.92 Å². The third kappa shape index (κ3) is 8.50. The highest BCUT2D eigenvalue weighted by Crippen LogP contribution is 2.05. The van der Waals surface area contributed by atoms with Gasteiger partial charge in [-0.05, 0) is 12.8 Å². The van der Waals surface area contributed by atoms with E-state index >= 15 is 0 Å². The maximum Gasteiger partial charge on any atom is 0.185 e. The maximum atomic E-state index is 10.4. The Bertz CT molecular complexity index is 85.1. The molecule has 1 nitrogen and oxygen atoms in total. The molecule has 3 heteroatoms. The second kappa shape index (κ2) is 6.62. The van der Waals surface area contributed by atoms with E-state index in [2.05, 4.69) is 15.9 Å². The normalized spacial score (nSPS) is 9.56. The molecule has 0 N–H and O–H groups in total. The first-order valence-electron chi connectivity index (χ1n) is 2.96. The van der Waals surface area contributed by atoms with Gasteiger partial charge in [-0.1, -0.05) is 27.7 Å². The molecule has 0 fully saturated rings. The summed E-state index contributed by atoms with van der Waals surface area (Å²) >= 11 is 4.73. The number of hydrogen-bond acceptors (Lipinski definition) is 2. The molecule has 0 aliphatic heterocycles. The van der Waals surface area contributed by atoms with Crippen LogP contribution in [-0.4, -0.2) is 16.2 Å². The number of halogens is 1. The van der Waals surface area contributed by atoms with E-state index in [9.17, 15) is 4.79 Å². The Morgan fingerprint density at radius 3 is 2.67 bits per heavy atom. The molecular formula is C6H11BrOS. The van der Waals surface area contributed by atoms with Crippen molar-refractivity contribution < 1.29 is 4.79 Å². The molecule has 0 aromatic carbocycles. The van der Waals surface area contributed by atoms with Gasteiger partial charge in [-0.25, -0.2) is 0 Å². The van der Waals surface area contributed by atoms with Crippen molar-refractivity contribution in [1.82, 2.24) is 0 Å². The lowest BCUT2D eigenvalue weighted by molar-refractivity contribution is -0.109. The summed E-state index contributed by atoms with van der Waals surface area (Å²) in [7, 11) is 0. The van der Waals surface area contributed by atoms with E-state index in [0.29, 0.717) is 0 Å². The lowest BCUT2D eigenvalue weighted by Crippen LogP contribution is -1.86. The first-order chi connectivity index (χ1) is 4.27. The molecule has 0 heterocycles. The van der Waals surface area contributed by atoms with Gasteiger partial charge in [0.05, 0.1) is 0 Å². The van der Waals surface area contributed by atoms with Crippen molar-refractivity contribution in [1.29, 1.82) is 0 Å². The van der Waals surface area contributed by atoms with Crippen molar-refractivity contribution >= 4 is 32.8 Å². The van der Waals surface area contributed by atoms with Crippen LogP contribution in [0.1, 0.15) is 19.8 Å². The van der Waals surface area contributed by atoms with Gasteiger partial charge < -0.3 is 0 Å². The summed E-state index contributed by atoms with van der Waals surface area (Å²) in [6, 6.07) is 0. The van der Waals surface area contributed by atoms with Gasteiger partial charge in [0.2, 0.25) is 0 Å². The van der Waals surface area contributed by atoms with Crippen molar-refractivity contribution in [3.8, 4) is 0 Å². The summed E-state index contributed by atoms with van der Waals surface area (Å²) in [5.41, 5.74) is 0. The Hall–Kier alpha value is 0.500. The predicted molar refractivity (Wildman–Crippen MR) is 46.2 cm³/mol. The van der Waals surface area contributed by atoms with Gasteiger partial charge in [0.1, 0.15) is 0 Å². The lowest BCUT2D eigenvalue weighted by Gasteiger charge is -1.92. The fraction of sp³-hybridized carbons (Fsp3) is 0.833. The second-order valence-corrected chi connectivity index (χ2v) is 3.80. The average Bonchev–Trinajstić information content (AvgIpc) is 1.80. The highest BCUT2D eigenvalue weighted by atomic mass is 79.9. The number of carbonyl (C=O) groups excluding carboxylic acids is 1. The monoisotopic (exact) mass is 210 g/mol. The Kier molecular flexibility index (Phi) is 6.99. The van der Waals surface area contributed by atoms with Crippen LogP contribution in [0.15, 0.2) is 0 Å². The van der Waals surface area contributed by atoms with Crippen LogP contribution >= 0.6 is 27.7 Å². The van der Waals surface area contributed by atoms with Crippen LogP contribution in [0.5, 0.6) is 0 Å². The highest BCUT2D eigenvalue weighted by Gasteiger charge is 1.91. The highest BCUT2D eigenvalue weighted by molar-refractivity contribution is 9.09. The minimum Gasteiger partial charge on any atom is -0.288 e. The molecule has 0 atom stereocenters. The zero-order chi connectivity index (χ0) is 7.11. The standard InChI is InChI=1S/C6H11BrOS/c1-6(8)9-5-3-2-4-7/h2-5H2,1H3. The molecule has 0 unspecified atom stereocenters. The number of thioether (sulfide) groups is 1. The Balaban J connectivity index is 2.83. The third-order valence-corrected chi connectivity index (χ3v) is 2.29. The molecule has 0 bridgehead atoms. The topological polar surface area (TPSA) is 17.1 Å². The zero-order valence-electron chi connectivity index (χ0n) is 5.52. The lowest BCUT2D eigenvalue weighted by atomic mass is 10.4. The minimum absolute atomic E-state index is 0.226. The molecule has 0 saturated carbocycles. The Labute approximate surface area is 68.7 Å². The number of rotatable bonds is 4. The minimum atomic E-state index is 0.226. The van der Waals surface area contributed by atoms with Crippen molar-refractivity contribution in [3.63, 3.8) is 0 Å². The van der Waals surface area contributed by atoms with E-state index in [1.165, 1.54) is 18.2 Å². The molecule has 0 aliphatic carbocycles. The quantitative estimate of drug-likeness (QED) is 0.524. The van der Waals surface area contributed by atoms with E-state index in [4.69, 9.17) is 0 Å². The van der Waals surface area contributed by atoms with Crippen LogP contribution in [0.3, 0.4) is 0 Å². The second-order valence-electron chi connectivity index (χ2n) is 1.74. The SMILES string of the molecule is CC(=O)SCCCCBr. The van der Waals surface area contributed by atoms with Gasteiger partial charge in [0, 0.05) is 18.0 Å². The summed E-state index contributed by atoms with van der Waals surface area (Å²) < 4.78 is 0. The molecule has 0 aromatic heterocycles. The first kappa shape index (κ1) is 9.50. The van der Waals surface area contributed by atoms with Gasteiger partial charge in [0.25, 0.3) is 0 Å². The van der Waals surface area contributed by atoms with E-state index < -0.39 is 0 Å². The summed E-state index contributed by atoms with van der Waals surface area (Å²) in [4.78, 5) is 10.4. The average molecular weight is 211 g/mol. The third-order valence-electron chi connectivity index (χ3n) is 0.833. The van der Waals surface area contributed by atoms with Crippen LogP contribution in [-0.2, 0) is 4.79 Å². The Morgan fingerprint density at radius 1 is 1.56 bits per heavy atom. The maximum absolute atomic E-state index is 10.4. The number of alkyl halides is 1. The molecular weight excluding hydrogens is 200 g/mol. The number of hydrogen-bond donors (Lipinski definition) is 0. The van der Waals surface area contributed by atoms with Gasteiger partial charge in [-0.3, -0.25) is 4.79 Å². The predicted octanol–water partition coefficient (Wildman–Crippen LogP) is 2.44. The van der Waals surface area contributed by atoms with Gasteiger partial charge in [0.15, 0.2) is 5.12 Å². The molecule has 0 rings (SSSR count). The fourth-order valence-electron chi connectivity index (χ4n) is 0.412. The first-order valence-corrected chi connectivity index (χ1v) is 5.07. The van der Waals surface area contributed by atoms with Crippen LogP contribution in [0.25, 0.3) is 0 Å². The molecule has 9 heavy (non-hydrogen) atoms. The van der Waals surface area contributed by atoms with Crippen molar-refractivity contribution in [2.24, 2.45) is 0 Å². The number of carbonyl (C=O) groups is 1. The Morgan fingerprint density at radius 2 is 2.22 bits per heavy atom. The zero-order valence-corrected chi connectivity index (χ0v) is 7.93. The summed E-state index contributed by atoms with van der Waals surface area (Å²) in [5.74, 6) is 0.973. The summed E-state index contributed by atoms with van der Waals surface area (Å²) in [6.45, 7) is 1.61. The smallest absolute Gasteiger partial charge is 0.185 e. The fourth-order valence-corrected chi connectivity index (χ4v) is 1.44. The molecule has 0 saturated heterocycles. The molecule has 0 amide bonds. The molecule has 54 valence electrons. The van der Waals surface area contributed by atoms with Gasteiger partial charge in [-0.2, -0.15) is 0 Å². The number of unbranched alkanes of at least 4 members (excludes halogenated alkanes) is 1. The molecule has 0 radical (unpaired) electrons. The van der Waals surface area contributed by atoms with Crippen LogP contribution in [0.4, 0.5) is 0 Å². The van der Waals surface area contributed by atoms with E-state index in [1.807, 2.05) is 0 Å². The van der Waals surface area contributed by atoms with E-state index in [-0.39, 0.29) is 5.12 Å². The van der Waals surface area contributed by atoms with E-state index in [0.717, 1.165) is 17.5 Å². The summed E-state index contributed by atoms with van der Waals surface area (Å²) in [5, 5.41) is 1.27. The molecule has 0 spiro atoms. The molecule has 0 aliphatic rings. The van der Waals surface area contributed by atoms with Crippen LogP contribution < -0.4 is 0 Å². The van der Waals surface area contributed by atoms with Gasteiger partial charge >= 0.3 is 0 Å². The molecule has 0 aromatic rings. The van der Waals surface area contributed by atoms with Crippen molar-refractivity contribution in [2.45, 2.75) is 19.8 Å². The largest absolute Gasteiger partial charge is 0.288 e. The van der Waals surface area contributed by atoms with Crippen LogP contribution in [0, 0.1) is 0 Å². The summed E-state index contributed by atoms with van der Waals surface area (Å²) in [6.07, 6.45) is 2.30. The van der Waals surface area contributed by atoms with Gasteiger partial charge in [-0.15, -0.1) is 0 Å². The van der Waals surface area contributed by atoms with Crippen LogP contribution in [0.2, 0.25) is 0 Å². The van der Waals surface area contributed by atoms with Crippen molar-refractivity contribution in [3.05, 3.63) is 0 Å².